The number of carboxylic acids is 1. The van der Waals surface area contributed by atoms with Gasteiger partial charge in [-0.1, -0.05) is 26.0 Å². The summed E-state index contributed by atoms with van der Waals surface area (Å²) in [6, 6.07) is 7.52. The molecule has 0 spiro atoms. The van der Waals surface area contributed by atoms with E-state index in [1.807, 2.05) is 24.3 Å². The highest BCUT2D eigenvalue weighted by atomic mass is 16.5. The number of ether oxygens (including phenoxy) is 1. The zero-order valence-electron chi connectivity index (χ0n) is 13.1. The zero-order chi connectivity index (χ0) is 16.1. The van der Waals surface area contributed by atoms with Crippen molar-refractivity contribution in [1.29, 1.82) is 0 Å². The number of nitrogens with zero attached hydrogens (tertiary/aromatic N) is 1. The predicted octanol–water partition coefficient (Wildman–Crippen LogP) is 2.65. The van der Waals surface area contributed by atoms with Crippen LogP contribution >= 0.6 is 0 Å². The highest BCUT2D eigenvalue weighted by Crippen LogP contribution is 2.22. The van der Waals surface area contributed by atoms with E-state index in [9.17, 15) is 9.59 Å². The number of aliphatic carboxylic acids is 1. The first-order valence-corrected chi connectivity index (χ1v) is 7.71. The van der Waals surface area contributed by atoms with Gasteiger partial charge in [0.15, 0.2) is 6.61 Å². The summed E-state index contributed by atoms with van der Waals surface area (Å²) in [4.78, 5) is 24.7. The lowest BCUT2D eigenvalue weighted by molar-refractivity contribution is -0.140. The minimum absolute atomic E-state index is 0.00851. The maximum Gasteiger partial charge on any atom is 0.305 e. The Morgan fingerprint density at radius 2 is 2.18 bits per heavy atom. The molecule has 0 radical (unpaired) electrons. The van der Waals surface area contributed by atoms with Crippen LogP contribution in [0.5, 0.6) is 5.75 Å². The number of amides is 1. The number of likely N-dealkylation sites (tertiary alicyclic amines) is 1. The third kappa shape index (κ3) is 4.23. The number of rotatable bonds is 6. The van der Waals surface area contributed by atoms with Crippen molar-refractivity contribution < 1.29 is 19.4 Å². The van der Waals surface area contributed by atoms with Crippen molar-refractivity contribution in [2.45, 2.75) is 45.1 Å². The third-order valence-electron chi connectivity index (χ3n) is 3.99. The molecular formula is C17H23NO4. The van der Waals surface area contributed by atoms with Crippen LogP contribution in [0.25, 0.3) is 0 Å². The van der Waals surface area contributed by atoms with E-state index in [-0.39, 0.29) is 25.0 Å². The van der Waals surface area contributed by atoms with E-state index in [1.54, 1.807) is 4.90 Å². The molecule has 1 unspecified atom stereocenters. The molecule has 1 fully saturated rings. The van der Waals surface area contributed by atoms with Gasteiger partial charge in [-0.15, -0.1) is 0 Å². The Morgan fingerprint density at radius 1 is 1.41 bits per heavy atom. The standard InChI is InChI=1S/C17H23NO4/c1-12(2)13-5-3-7-15(9-13)22-11-16(19)18-8-4-6-14(18)10-17(20)21/h3,5,7,9,12,14H,4,6,8,10-11H2,1-2H3,(H,20,21). The first-order chi connectivity index (χ1) is 10.5. The SMILES string of the molecule is CC(C)c1cccc(OCC(=O)N2CCCC2CC(=O)O)c1. The van der Waals surface area contributed by atoms with E-state index in [2.05, 4.69) is 13.8 Å². The van der Waals surface area contributed by atoms with Crippen molar-refractivity contribution in [2.75, 3.05) is 13.2 Å². The van der Waals surface area contributed by atoms with Crippen LogP contribution in [0.15, 0.2) is 24.3 Å². The second kappa shape index (κ2) is 7.29. The largest absolute Gasteiger partial charge is 0.484 e. The first-order valence-electron chi connectivity index (χ1n) is 7.71. The monoisotopic (exact) mass is 305 g/mol. The van der Waals surface area contributed by atoms with Crippen molar-refractivity contribution >= 4 is 11.9 Å². The lowest BCUT2D eigenvalue weighted by Gasteiger charge is -2.23. The summed E-state index contributed by atoms with van der Waals surface area (Å²) >= 11 is 0. The van der Waals surface area contributed by atoms with Crippen molar-refractivity contribution in [3.05, 3.63) is 29.8 Å². The van der Waals surface area contributed by atoms with Crippen LogP contribution in [0.1, 0.15) is 44.6 Å². The fraction of sp³-hybridized carbons (Fsp3) is 0.529. The van der Waals surface area contributed by atoms with Gasteiger partial charge in [-0.3, -0.25) is 9.59 Å². The molecule has 1 aromatic rings. The summed E-state index contributed by atoms with van der Waals surface area (Å²) in [5, 5.41) is 8.89. The molecule has 5 nitrogen and oxygen atoms in total. The van der Waals surface area contributed by atoms with E-state index < -0.39 is 5.97 Å². The Labute approximate surface area is 130 Å². The molecule has 1 heterocycles. The normalized spacial score (nSPS) is 17.8. The van der Waals surface area contributed by atoms with Crippen LogP contribution in [0.3, 0.4) is 0 Å². The molecule has 1 aliphatic rings. The average Bonchev–Trinajstić information content (AvgIpc) is 2.92. The van der Waals surface area contributed by atoms with E-state index in [0.29, 0.717) is 18.2 Å². The van der Waals surface area contributed by atoms with Gasteiger partial charge in [0.2, 0.25) is 0 Å². The van der Waals surface area contributed by atoms with Gasteiger partial charge in [-0.05, 0) is 36.5 Å². The number of hydrogen-bond donors (Lipinski definition) is 1. The maximum atomic E-state index is 12.2. The Hall–Kier alpha value is -2.04. The van der Waals surface area contributed by atoms with Crippen LogP contribution in [-0.2, 0) is 9.59 Å². The second-order valence-electron chi connectivity index (χ2n) is 6.00. The summed E-state index contributed by atoms with van der Waals surface area (Å²) < 4.78 is 5.59. The minimum Gasteiger partial charge on any atom is -0.484 e. The number of carbonyl (C=O) groups is 2. The molecule has 1 aliphatic heterocycles. The second-order valence-corrected chi connectivity index (χ2v) is 6.00. The average molecular weight is 305 g/mol. The van der Waals surface area contributed by atoms with E-state index in [0.717, 1.165) is 18.4 Å². The third-order valence-corrected chi connectivity index (χ3v) is 3.99. The Morgan fingerprint density at radius 3 is 2.86 bits per heavy atom. The van der Waals surface area contributed by atoms with Crippen molar-refractivity contribution in [2.24, 2.45) is 0 Å². The fourth-order valence-electron chi connectivity index (χ4n) is 2.77. The van der Waals surface area contributed by atoms with Gasteiger partial charge in [0.25, 0.3) is 5.91 Å². The molecule has 0 saturated carbocycles. The molecule has 1 saturated heterocycles. The van der Waals surface area contributed by atoms with Crippen LogP contribution < -0.4 is 4.74 Å². The molecule has 2 rings (SSSR count). The van der Waals surface area contributed by atoms with Crippen molar-refractivity contribution in [3.63, 3.8) is 0 Å². The molecule has 5 heteroatoms. The van der Waals surface area contributed by atoms with Crippen LogP contribution in [0.4, 0.5) is 0 Å². The molecule has 1 N–H and O–H groups in total. The van der Waals surface area contributed by atoms with Crippen molar-refractivity contribution in [3.8, 4) is 5.75 Å². The van der Waals surface area contributed by atoms with Crippen LogP contribution in [-0.4, -0.2) is 41.1 Å². The Bertz CT molecular complexity index is 541. The maximum absolute atomic E-state index is 12.2. The summed E-state index contributed by atoms with van der Waals surface area (Å²) in [6.45, 7) is 4.78. The van der Waals surface area contributed by atoms with Crippen molar-refractivity contribution in [1.82, 2.24) is 4.90 Å². The first kappa shape index (κ1) is 16.3. The topological polar surface area (TPSA) is 66.8 Å². The van der Waals surface area contributed by atoms with Gasteiger partial charge in [-0.2, -0.15) is 0 Å². The van der Waals surface area contributed by atoms with Gasteiger partial charge in [0.1, 0.15) is 5.75 Å². The molecule has 22 heavy (non-hydrogen) atoms. The Kier molecular flexibility index (Phi) is 5.41. The smallest absolute Gasteiger partial charge is 0.305 e. The van der Waals surface area contributed by atoms with Crippen LogP contribution in [0.2, 0.25) is 0 Å². The van der Waals surface area contributed by atoms with Gasteiger partial charge in [0, 0.05) is 12.6 Å². The summed E-state index contributed by atoms with van der Waals surface area (Å²) in [5.74, 6) is 0.0697. The Balaban J connectivity index is 1.92. The van der Waals surface area contributed by atoms with E-state index in [1.165, 1.54) is 0 Å². The van der Waals surface area contributed by atoms with Gasteiger partial charge >= 0.3 is 5.97 Å². The number of benzene rings is 1. The van der Waals surface area contributed by atoms with E-state index >= 15 is 0 Å². The number of carboxylic acid groups (broad SMARTS) is 1. The van der Waals surface area contributed by atoms with Gasteiger partial charge < -0.3 is 14.7 Å². The summed E-state index contributed by atoms with van der Waals surface area (Å²) in [5.41, 5.74) is 1.16. The quantitative estimate of drug-likeness (QED) is 0.877. The molecule has 1 aromatic carbocycles. The number of carbonyl (C=O) groups excluding carboxylic acids is 1. The predicted molar refractivity (Wildman–Crippen MR) is 83.0 cm³/mol. The lowest BCUT2D eigenvalue weighted by atomic mass is 10.0. The molecular weight excluding hydrogens is 282 g/mol. The minimum atomic E-state index is -0.866. The molecule has 0 aliphatic carbocycles. The lowest BCUT2D eigenvalue weighted by Crippen LogP contribution is -2.39. The van der Waals surface area contributed by atoms with E-state index in [4.69, 9.17) is 9.84 Å². The molecule has 1 atom stereocenters. The molecule has 120 valence electrons. The highest BCUT2D eigenvalue weighted by Gasteiger charge is 2.30. The number of hydrogen-bond acceptors (Lipinski definition) is 3. The molecule has 1 amide bonds. The summed E-state index contributed by atoms with van der Waals surface area (Å²) in [7, 11) is 0. The van der Waals surface area contributed by atoms with Gasteiger partial charge in [0.05, 0.1) is 6.42 Å². The molecule has 0 bridgehead atoms. The highest BCUT2D eigenvalue weighted by molar-refractivity contribution is 5.79. The summed E-state index contributed by atoms with van der Waals surface area (Å²) in [6.07, 6.45) is 1.61. The fourth-order valence-corrected chi connectivity index (χ4v) is 2.77. The molecule has 0 aromatic heterocycles. The van der Waals surface area contributed by atoms with Crippen LogP contribution in [0, 0.1) is 0 Å². The zero-order valence-corrected chi connectivity index (χ0v) is 13.1. The van der Waals surface area contributed by atoms with Gasteiger partial charge in [-0.25, -0.2) is 0 Å².